The van der Waals surface area contributed by atoms with Gasteiger partial charge in [-0.15, -0.1) is 0 Å². The molecule has 0 fully saturated rings. The Balaban J connectivity index is 2.48. The summed E-state index contributed by atoms with van der Waals surface area (Å²) in [5.41, 5.74) is 3.50. The van der Waals surface area contributed by atoms with Gasteiger partial charge < -0.3 is 9.84 Å². The number of fused-ring (bicyclic) bond motifs is 1. The maximum Gasteiger partial charge on any atom is 0.125 e. The Hall–Kier alpha value is -1.02. The van der Waals surface area contributed by atoms with Crippen molar-refractivity contribution in [2.45, 2.75) is 32.6 Å². The van der Waals surface area contributed by atoms with Crippen LogP contribution in [0, 0.1) is 6.92 Å². The Labute approximate surface area is 90.9 Å². The smallest absolute Gasteiger partial charge is 0.125 e. The van der Waals surface area contributed by atoms with Gasteiger partial charge in [-0.05, 0) is 23.6 Å². The zero-order chi connectivity index (χ0) is 11.1. The Morgan fingerprint density at radius 2 is 2.13 bits per heavy atom. The average Bonchev–Trinajstić information content (AvgIpc) is 2.66. The van der Waals surface area contributed by atoms with Crippen LogP contribution in [-0.4, -0.2) is 18.3 Å². The monoisotopic (exact) mass is 206 g/mol. The highest BCUT2D eigenvalue weighted by Gasteiger charge is 2.23. The highest BCUT2D eigenvalue weighted by molar-refractivity contribution is 5.47. The van der Waals surface area contributed by atoms with Gasteiger partial charge in [-0.25, -0.2) is 0 Å². The lowest BCUT2D eigenvalue weighted by Crippen LogP contribution is -2.22. The summed E-state index contributed by atoms with van der Waals surface area (Å²) in [6.45, 7) is 7.15. The van der Waals surface area contributed by atoms with Gasteiger partial charge in [0.2, 0.25) is 0 Å². The molecule has 2 nitrogen and oxygen atoms in total. The molecule has 0 spiro atoms. The van der Waals surface area contributed by atoms with Crippen LogP contribution in [0.15, 0.2) is 12.1 Å². The first-order chi connectivity index (χ1) is 7.04. The lowest BCUT2D eigenvalue weighted by molar-refractivity contribution is 0.218. The van der Waals surface area contributed by atoms with Gasteiger partial charge in [-0.1, -0.05) is 26.0 Å². The van der Waals surface area contributed by atoms with E-state index in [-0.39, 0.29) is 12.0 Å². The van der Waals surface area contributed by atoms with Gasteiger partial charge in [0.25, 0.3) is 0 Å². The van der Waals surface area contributed by atoms with Gasteiger partial charge in [-0.2, -0.15) is 0 Å². The largest absolute Gasteiger partial charge is 0.493 e. The van der Waals surface area contributed by atoms with Crippen molar-refractivity contribution in [1.82, 2.24) is 0 Å². The van der Waals surface area contributed by atoms with Crippen LogP contribution in [0.5, 0.6) is 5.75 Å². The lowest BCUT2D eigenvalue weighted by Gasteiger charge is -2.23. The van der Waals surface area contributed by atoms with Gasteiger partial charge in [0.1, 0.15) is 5.75 Å². The van der Waals surface area contributed by atoms with Gasteiger partial charge in [0, 0.05) is 11.8 Å². The van der Waals surface area contributed by atoms with Crippen molar-refractivity contribution in [3.8, 4) is 5.75 Å². The van der Waals surface area contributed by atoms with Crippen LogP contribution in [0.25, 0.3) is 0 Å². The minimum atomic E-state index is -0.164. The molecule has 82 valence electrons. The number of hydrogen-bond donors (Lipinski definition) is 1. The molecule has 2 heteroatoms. The van der Waals surface area contributed by atoms with Crippen molar-refractivity contribution in [3.05, 3.63) is 28.8 Å². The molecule has 0 radical (unpaired) electrons. The van der Waals surface area contributed by atoms with Gasteiger partial charge >= 0.3 is 0 Å². The zero-order valence-electron chi connectivity index (χ0n) is 9.63. The summed E-state index contributed by atoms with van der Waals surface area (Å²) in [4.78, 5) is 0. The lowest BCUT2D eigenvalue weighted by atomic mass is 9.83. The van der Waals surface area contributed by atoms with Gasteiger partial charge in [0.05, 0.1) is 13.2 Å². The molecule has 0 unspecified atom stereocenters. The van der Waals surface area contributed by atoms with Crippen molar-refractivity contribution >= 4 is 0 Å². The van der Waals surface area contributed by atoms with E-state index in [0.717, 1.165) is 18.8 Å². The summed E-state index contributed by atoms with van der Waals surface area (Å²) < 4.78 is 5.57. The van der Waals surface area contributed by atoms with Crippen molar-refractivity contribution in [2.24, 2.45) is 0 Å². The standard InChI is InChI=1S/C13H18O2/c1-9-6-11(13(2,3)8-14)7-10-4-5-15-12(9)10/h6-7,14H,4-5,8H2,1-3H3. The van der Waals surface area contributed by atoms with E-state index in [4.69, 9.17) is 4.74 Å². The molecule has 1 heterocycles. The van der Waals surface area contributed by atoms with E-state index >= 15 is 0 Å². The number of benzene rings is 1. The molecule has 0 aliphatic carbocycles. The molecule has 0 saturated heterocycles. The number of hydrogen-bond acceptors (Lipinski definition) is 2. The predicted molar refractivity (Wildman–Crippen MR) is 60.5 cm³/mol. The normalized spacial score (nSPS) is 14.9. The van der Waals surface area contributed by atoms with E-state index in [9.17, 15) is 5.11 Å². The minimum absolute atomic E-state index is 0.164. The maximum absolute atomic E-state index is 9.36. The Morgan fingerprint density at radius 3 is 2.80 bits per heavy atom. The number of aryl methyl sites for hydroxylation is 1. The molecule has 1 N–H and O–H groups in total. The van der Waals surface area contributed by atoms with Crippen LogP contribution in [0.2, 0.25) is 0 Å². The van der Waals surface area contributed by atoms with Crippen molar-refractivity contribution in [3.63, 3.8) is 0 Å². The summed E-state index contributed by atoms with van der Waals surface area (Å²) in [5, 5.41) is 9.36. The highest BCUT2D eigenvalue weighted by atomic mass is 16.5. The molecule has 1 aromatic rings. The van der Waals surface area contributed by atoms with Crippen molar-refractivity contribution in [2.75, 3.05) is 13.2 Å². The molecule has 0 bridgehead atoms. The quantitative estimate of drug-likeness (QED) is 0.803. The van der Waals surface area contributed by atoms with Crippen LogP contribution in [0.3, 0.4) is 0 Å². The second-order valence-corrected chi connectivity index (χ2v) is 4.92. The average molecular weight is 206 g/mol. The van der Waals surface area contributed by atoms with E-state index in [1.165, 1.54) is 16.7 Å². The SMILES string of the molecule is Cc1cc(C(C)(C)CO)cc2c1OCC2. The number of aliphatic hydroxyl groups excluding tert-OH is 1. The Morgan fingerprint density at radius 1 is 1.40 bits per heavy atom. The summed E-state index contributed by atoms with van der Waals surface area (Å²) in [7, 11) is 0. The molecule has 0 atom stereocenters. The summed E-state index contributed by atoms with van der Waals surface area (Å²) in [6, 6.07) is 4.30. The van der Waals surface area contributed by atoms with E-state index in [1.807, 2.05) is 0 Å². The third-order valence-electron chi connectivity index (χ3n) is 3.15. The zero-order valence-corrected chi connectivity index (χ0v) is 9.63. The topological polar surface area (TPSA) is 29.5 Å². The first-order valence-corrected chi connectivity index (χ1v) is 5.42. The van der Waals surface area contributed by atoms with Crippen LogP contribution in [0.4, 0.5) is 0 Å². The second-order valence-electron chi connectivity index (χ2n) is 4.92. The molecule has 15 heavy (non-hydrogen) atoms. The first-order valence-electron chi connectivity index (χ1n) is 5.42. The van der Waals surface area contributed by atoms with Gasteiger partial charge in [-0.3, -0.25) is 0 Å². The first kappa shape index (κ1) is 10.5. The van der Waals surface area contributed by atoms with Crippen molar-refractivity contribution < 1.29 is 9.84 Å². The van der Waals surface area contributed by atoms with E-state index in [2.05, 4.69) is 32.9 Å². The summed E-state index contributed by atoms with van der Waals surface area (Å²) >= 11 is 0. The minimum Gasteiger partial charge on any atom is -0.493 e. The predicted octanol–water partition coefficient (Wildman–Crippen LogP) is 2.20. The molecule has 1 aromatic carbocycles. The van der Waals surface area contributed by atoms with Crippen LogP contribution >= 0.6 is 0 Å². The fourth-order valence-electron chi connectivity index (χ4n) is 1.98. The molecule has 0 saturated carbocycles. The highest BCUT2D eigenvalue weighted by Crippen LogP contribution is 2.34. The maximum atomic E-state index is 9.36. The fraction of sp³-hybridized carbons (Fsp3) is 0.538. The second kappa shape index (κ2) is 3.53. The van der Waals surface area contributed by atoms with E-state index in [0.29, 0.717) is 0 Å². The number of ether oxygens (including phenoxy) is 1. The van der Waals surface area contributed by atoms with Crippen LogP contribution < -0.4 is 4.74 Å². The number of rotatable bonds is 2. The fourth-order valence-corrected chi connectivity index (χ4v) is 1.98. The molecule has 0 aromatic heterocycles. The molecular formula is C13H18O2. The molecule has 0 amide bonds. The van der Waals surface area contributed by atoms with Crippen molar-refractivity contribution in [1.29, 1.82) is 0 Å². The Kier molecular flexibility index (Phi) is 2.47. The Bertz CT molecular complexity index is 380. The third-order valence-corrected chi connectivity index (χ3v) is 3.15. The van der Waals surface area contributed by atoms with Gasteiger partial charge in [0.15, 0.2) is 0 Å². The molecule has 2 rings (SSSR count). The van der Waals surface area contributed by atoms with Crippen LogP contribution in [-0.2, 0) is 11.8 Å². The molecule has 1 aliphatic heterocycles. The molecular weight excluding hydrogens is 188 g/mol. The number of aliphatic hydroxyl groups is 1. The van der Waals surface area contributed by atoms with E-state index in [1.54, 1.807) is 0 Å². The third kappa shape index (κ3) is 1.74. The van der Waals surface area contributed by atoms with Crippen LogP contribution in [0.1, 0.15) is 30.5 Å². The van der Waals surface area contributed by atoms with E-state index < -0.39 is 0 Å². The molecule has 1 aliphatic rings. The summed E-state index contributed by atoms with van der Waals surface area (Å²) in [6.07, 6.45) is 0.992. The summed E-state index contributed by atoms with van der Waals surface area (Å²) in [5.74, 6) is 1.05.